The predicted octanol–water partition coefficient (Wildman–Crippen LogP) is 4.82. The van der Waals surface area contributed by atoms with Gasteiger partial charge in [0, 0.05) is 0 Å². The molecule has 1 heteroatoms. The van der Waals surface area contributed by atoms with Gasteiger partial charge in [0.1, 0.15) is 8.07 Å². The standard InChI is InChI=1S/C14H24Si/c1-5-9-11-13-15(7-3,8-4)14-12-10-6-2/h7-12H,3-6,13-14H2,1-2H3/b11-9+,12-10+. The second-order valence-electron chi connectivity index (χ2n) is 3.81. The van der Waals surface area contributed by atoms with Crippen molar-refractivity contribution >= 4 is 8.07 Å². The van der Waals surface area contributed by atoms with E-state index in [-0.39, 0.29) is 0 Å². The second kappa shape index (κ2) is 8.48. The Morgan fingerprint density at radius 2 is 1.20 bits per heavy atom. The third-order valence-corrected chi connectivity index (χ3v) is 6.23. The lowest BCUT2D eigenvalue weighted by Crippen LogP contribution is -2.27. The molecular weight excluding hydrogens is 196 g/mol. The van der Waals surface area contributed by atoms with Gasteiger partial charge < -0.3 is 0 Å². The number of hydrogen-bond acceptors (Lipinski definition) is 0. The lowest BCUT2D eigenvalue weighted by molar-refractivity contribution is 1.21. The van der Waals surface area contributed by atoms with E-state index in [1.165, 1.54) is 0 Å². The molecule has 0 atom stereocenters. The zero-order valence-electron chi connectivity index (χ0n) is 10.2. The maximum atomic E-state index is 3.98. The van der Waals surface area contributed by atoms with Crippen LogP contribution in [0.2, 0.25) is 12.1 Å². The van der Waals surface area contributed by atoms with Crippen molar-refractivity contribution in [2.75, 3.05) is 0 Å². The minimum atomic E-state index is -1.46. The summed E-state index contributed by atoms with van der Waals surface area (Å²) < 4.78 is 0. The lowest BCUT2D eigenvalue weighted by Gasteiger charge is -2.20. The summed E-state index contributed by atoms with van der Waals surface area (Å²) in [4.78, 5) is 0. The van der Waals surface area contributed by atoms with E-state index in [0.717, 1.165) is 24.9 Å². The Morgan fingerprint density at radius 3 is 1.47 bits per heavy atom. The Hall–Kier alpha value is -0.823. The van der Waals surface area contributed by atoms with Crippen LogP contribution in [-0.4, -0.2) is 8.07 Å². The van der Waals surface area contributed by atoms with E-state index >= 15 is 0 Å². The first-order chi connectivity index (χ1) is 7.24. The highest BCUT2D eigenvalue weighted by atomic mass is 28.3. The maximum absolute atomic E-state index is 3.98. The summed E-state index contributed by atoms with van der Waals surface area (Å²) in [5.74, 6) is 0. The zero-order valence-corrected chi connectivity index (χ0v) is 11.2. The first-order valence-corrected chi connectivity index (χ1v) is 8.38. The Kier molecular flexibility index (Phi) is 8.02. The van der Waals surface area contributed by atoms with E-state index in [9.17, 15) is 0 Å². The molecule has 0 nitrogen and oxygen atoms in total. The minimum Gasteiger partial charge on any atom is -0.107 e. The van der Waals surface area contributed by atoms with Crippen molar-refractivity contribution in [1.29, 1.82) is 0 Å². The van der Waals surface area contributed by atoms with Crippen LogP contribution in [0.4, 0.5) is 0 Å². The first kappa shape index (κ1) is 14.2. The quantitative estimate of drug-likeness (QED) is 0.406. The fourth-order valence-electron chi connectivity index (χ4n) is 1.44. The fraction of sp³-hybridized carbons (Fsp3) is 0.429. The molecule has 15 heavy (non-hydrogen) atoms. The van der Waals surface area contributed by atoms with Gasteiger partial charge in [0.25, 0.3) is 0 Å². The highest BCUT2D eigenvalue weighted by Gasteiger charge is 2.21. The van der Waals surface area contributed by atoms with Crippen LogP contribution in [0.3, 0.4) is 0 Å². The topological polar surface area (TPSA) is 0 Å². The molecule has 0 aliphatic heterocycles. The third kappa shape index (κ3) is 5.58. The van der Waals surface area contributed by atoms with Gasteiger partial charge in [-0.15, -0.1) is 13.2 Å². The number of rotatable bonds is 8. The van der Waals surface area contributed by atoms with Crippen LogP contribution >= 0.6 is 0 Å². The van der Waals surface area contributed by atoms with Crippen molar-refractivity contribution < 1.29 is 0 Å². The summed E-state index contributed by atoms with van der Waals surface area (Å²) in [6, 6.07) is 2.28. The lowest BCUT2D eigenvalue weighted by atomic mass is 10.4. The molecule has 0 saturated heterocycles. The molecule has 0 heterocycles. The van der Waals surface area contributed by atoms with E-state index < -0.39 is 8.07 Å². The molecule has 0 spiro atoms. The molecule has 0 fully saturated rings. The highest BCUT2D eigenvalue weighted by molar-refractivity contribution is 6.89. The fourth-order valence-corrected chi connectivity index (χ4v) is 3.65. The van der Waals surface area contributed by atoms with Gasteiger partial charge >= 0.3 is 0 Å². The molecule has 0 radical (unpaired) electrons. The SMILES string of the molecule is C=C[Si](C=C)(C/C=C/CC)C/C=C/CC. The summed E-state index contributed by atoms with van der Waals surface area (Å²) in [7, 11) is -1.46. The summed E-state index contributed by atoms with van der Waals surface area (Å²) in [6.07, 6.45) is 11.3. The monoisotopic (exact) mass is 220 g/mol. The second-order valence-corrected chi connectivity index (χ2v) is 7.91. The average molecular weight is 220 g/mol. The van der Waals surface area contributed by atoms with Crippen molar-refractivity contribution in [1.82, 2.24) is 0 Å². The molecule has 0 unspecified atom stereocenters. The number of hydrogen-bond donors (Lipinski definition) is 0. The minimum absolute atomic E-state index is 1.11. The van der Waals surface area contributed by atoms with Gasteiger partial charge in [-0.05, 0) is 24.9 Å². The third-order valence-electron chi connectivity index (χ3n) is 2.61. The molecule has 0 rings (SSSR count). The van der Waals surface area contributed by atoms with Crippen LogP contribution in [0, 0.1) is 0 Å². The van der Waals surface area contributed by atoms with Crippen LogP contribution in [-0.2, 0) is 0 Å². The average Bonchev–Trinajstić information content (AvgIpc) is 2.28. The van der Waals surface area contributed by atoms with Gasteiger partial charge in [-0.1, -0.05) is 49.6 Å². The van der Waals surface area contributed by atoms with E-state index in [4.69, 9.17) is 0 Å². The Balaban J connectivity index is 4.42. The molecule has 0 amide bonds. The Morgan fingerprint density at radius 1 is 0.800 bits per heavy atom. The molecule has 0 bridgehead atoms. The van der Waals surface area contributed by atoms with Gasteiger partial charge in [-0.25, -0.2) is 0 Å². The van der Waals surface area contributed by atoms with Crippen LogP contribution in [0.25, 0.3) is 0 Å². The molecule has 84 valence electrons. The van der Waals surface area contributed by atoms with Crippen molar-refractivity contribution in [2.24, 2.45) is 0 Å². The van der Waals surface area contributed by atoms with Gasteiger partial charge in [0.2, 0.25) is 0 Å². The van der Waals surface area contributed by atoms with Gasteiger partial charge in [0.15, 0.2) is 0 Å². The molecular formula is C14H24Si. The zero-order chi connectivity index (χ0) is 11.6. The highest BCUT2D eigenvalue weighted by Crippen LogP contribution is 2.20. The van der Waals surface area contributed by atoms with Crippen LogP contribution in [0.5, 0.6) is 0 Å². The molecule has 0 saturated carbocycles. The maximum Gasteiger partial charge on any atom is 0.108 e. The number of allylic oxidation sites excluding steroid dienone is 4. The Labute approximate surface area is 96.1 Å². The van der Waals surface area contributed by atoms with Crippen molar-refractivity contribution in [3.05, 3.63) is 48.9 Å². The molecule has 0 aromatic heterocycles. The molecule has 0 aromatic rings. The summed E-state index contributed by atoms with van der Waals surface area (Å²) in [5.41, 5.74) is 4.31. The smallest absolute Gasteiger partial charge is 0.107 e. The van der Waals surface area contributed by atoms with Crippen LogP contribution in [0.15, 0.2) is 48.9 Å². The van der Waals surface area contributed by atoms with Gasteiger partial charge in [0.05, 0.1) is 0 Å². The molecule has 0 aliphatic rings. The van der Waals surface area contributed by atoms with E-state index in [1.54, 1.807) is 0 Å². The molecule has 0 aromatic carbocycles. The predicted molar refractivity (Wildman–Crippen MR) is 74.6 cm³/mol. The molecule has 0 N–H and O–H groups in total. The molecule has 0 aliphatic carbocycles. The van der Waals surface area contributed by atoms with Gasteiger partial charge in [-0.3, -0.25) is 0 Å². The van der Waals surface area contributed by atoms with E-state index in [0.29, 0.717) is 0 Å². The van der Waals surface area contributed by atoms with E-state index in [2.05, 4.69) is 62.7 Å². The summed E-state index contributed by atoms with van der Waals surface area (Å²) in [6.45, 7) is 12.3. The largest absolute Gasteiger partial charge is 0.108 e. The first-order valence-electron chi connectivity index (χ1n) is 5.81. The Bertz CT molecular complexity index is 210. The normalized spacial score (nSPS) is 12.4. The summed E-state index contributed by atoms with van der Waals surface area (Å²) >= 11 is 0. The van der Waals surface area contributed by atoms with Crippen LogP contribution < -0.4 is 0 Å². The van der Waals surface area contributed by atoms with Crippen molar-refractivity contribution in [2.45, 2.75) is 38.8 Å². The van der Waals surface area contributed by atoms with E-state index in [1.807, 2.05) is 0 Å². The van der Waals surface area contributed by atoms with Crippen molar-refractivity contribution in [3.63, 3.8) is 0 Å². The summed E-state index contributed by atoms with van der Waals surface area (Å²) in [5, 5.41) is 0. The van der Waals surface area contributed by atoms with Gasteiger partial charge in [-0.2, -0.15) is 0 Å². The van der Waals surface area contributed by atoms with Crippen molar-refractivity contribution in [3.8, 4) is 0 Å². The van der Waals surface area contributed by atoms with Crippen LogP contribution in [0.1, 0.15) is 26.7 Å².